The molecule has 0 radical (unpaired) electrons. The predicted octanol–water partition coefficient (Wildman–Crippen LogP) is 3.29. The van der Waals surface area contributed by atoms with Crippen molar-refractivity contribution in [2.75, 3.05) is 7.05 Å². The highest BCUT2D eigenvalue weighted by Gasteiger charge is 2.31. The van der Waals surface area contributed by atoms with Crippen molar-refractivity contribution in [2.45, 2.75) is 26.1 Å². The number of aryl methyl sites for hydroxylation is 1. The molecule has 0 saturated carbocycles. The van der Waals surface area contributed by atoms with Gasteiger partial charge in [0.1, 0.15) is 0 Å². The van der Waals surface area contributed by atoms with E-state index >= 15 is 0 Å². The van der Waals surface area contributed by atoms with E-state index < -0.39 is 11.7 Å². The standard InChI is InChI=1S/C11H14F3N/c1-7-4-9(8(2)15-3)6-10(5-7)11(12,13)14/h4-6,8,15H,1-3H3/t8-/m0/s1. The summed E-state index contributed by atoms with van der Waals surface area (Å²) in [6, 6.07) is 4.03. The summed E-state index contributed by atoms with van der Waals surface area (Å²) in [6.45, 7) is 3.50. The van der Waals surface area contributed by atoms with E-state index in [9.17, 15) is 13.2 Å². The Hall–Kier alpha value is -1.03. The molecule has 0 aromatic heterocycles. The molecule has 1 atom stereocenters. The number of alkyl halides is 3. The van der Waals surface area contributed by atoms with Crippen molar-refractivity contribution in [1.82, 2.24) is 5.32 Å². The Morgan fingerprint density at radius 2 is 1.80 bits per heavy atom. The van der Waals surface area contributed by atoms with Gasteiger partial charge < -0.3 is 5.32 Å². The zero-order valence-corrected chi connectivity index (χ0v) is 8.94. The summed E-state index contributed by atoms with van der Waals surface area (Å²) in [5.41, 5.74) is 0.700. The van der Waals surface area contributed by atoms with Gasteiger partial charge in [-0.15, -0.1) is 0 Å². The van der Waals surface area contributed by atoms with Gasteiger partial charge in [0.25, 0.3) is 0 Å². The van der Waals surface area contributed by atoms with Gasteiger partial charge in [-0.2, -0.15) is 13.2 Å². The van der Waals surface area contributed by atoms with Gasteiger partial charge in [0.05, 0.1) is 5.56 Å². The molecule has 0 saturated heterocycles. The van der Waals surface area contributed by atoms with Crippen LogP contribution in [-0.2, 0) is 6.18 Å². The third-order valence-corrected chi connectivity index (χ3v) is 2.36. The van der Waals surface area contributed by atoms with E-state index in [4.69, 9.17) is 0 Å². The van der Waals surface area contributed by atoms with Crippen molar-refractivity contribution in [1.29, 1.82) is 0 Å². The van der Waals surface area contributed by atoms with Crippen LogP contribution in [-0.4, -0.2) is 7.05 Å². The molecule has 0 heterocycles. The first-order chi connectivity index (χ1) is 6.84. The second-order valence-corrected chi connectivity index (χ2v) is 3.64. The van der Waals surface area contributed by atoms with Crippen LogP contribution >= 0.6 is 0 Å². The summed E-state index contributed by atoms with van der Waals surface area (Å²) in [6.07, 6.45) is -4.27. The van der Waals surface area contributed by atoms with Crippen molar-refractivity contribution in [3.05, 3.63) is 34.9 Å². The maximum absolute atomic E-state index is 12.5. The minimum absolute atomic E-state index is 0.0778. The van der Waals surface area contributed by atoms with Crippen LogP contribution in [0.25, 0.3) is 0 Å². The molecule has 1 N–H and O–H groups in total. The predicted molar refractivity (Wildman–Crippen MR) is 53.7 cm³/mol. The number of halogens is 3. The van der Waals surface area contributed by atoms with E-state index in [1.165, 1.54) is 6.07 Å². The summed E-state index contributed by atoms with van der Waals surface area (Å²) >= 11 is 0. The van der Waals surface area contributed by atoms with E-state index in [2.05, 4.69) is 5.32 Å². The minimum atomic E-state index is -4.27. The van der Waals surface area contributed by atoms with Crippen molar-refractivity contribution in [3.63, 3.8) is 0 Å². The van der Waals surface area contributed by atoms with E-state index in [1.807, 2.05) is 6.92 Å². The van der Waals surface area contributed by atoms with Gasteiger partial charge in [0.15, 0.2) is 0 Å². The van der Waals surface area contributed by atoms with Gasteiger partial charge >= 0.3 is 6.18 Å². The Labute approximate surface area is 87.3 Å². The molecule has 1 aromatic rings. The third-order valence-electron chi connectivity index (χ3n) is 2.36. The lowest BCUT2D eigenvalue weighted by Gasteiger charge is -2.15. The van der Waals surface area contributed by atoms with Gasteiger partial charge in [-0.1, -0.05) is 11.6 Å². The molecule has 84 valence electrons. The topological polar surface area (TPSA) is 12.0 Å². The van der Waals surface area contributed by atoms with Gasteiger partial charge in [0.2, 0.25) is 0 Å². The van der Waals surface area contributed by atoms with Crippen LogP contribution in [0.2, 0.25) is 0 Å². The van der Waals surface area contributed by atoms with Crippen molar-refractivity contribution in [3.8, 4) is 0 Å². The van der Waals surface area contributed by atoms with Crippen molar-refractivity contribution in [2.24, 2.45) is 0 Å². The van der Waals surface area contributed by atoms with Gasteiger partial charge in [-0.05, 0) is 38.6 Å². The summed E-state index contributed by atoms with van der Waals surface area (Å²) in [5, 5.41) is 2.92. The minimum Gasteiger partial charge on any atom is -0.313 e. The fourth-order valence-corrected chi connectivity index (χ4v) is 1.39. The lowest BCUT2D eigenvalue weighted by molar-refractivity contribution is -0.137. The maximum atomic E-state index is 12.5. The largest absolute Gasteiger partial charge is 0.416 e. The van der Waals surface area contributed by atoms with Gasteiger partial charge in [-0.25, -0.2) is 0 Å². The first-order valence-electron chi connectivity index (χ1n) is 4.70. The van der Waals surface area contributed by atoms with E-state index in [1.54, 1.807) is 20.0 Å². The van der Waals surface area contributed by atoms with Crippen LogP contribution < -0.4 is 5.32 Å². The van der Waals surface area contributed by atoms with Gasteiger partial charge in [-0.3, -0.25) is 0 Å². The molecule has 1 rings (SSSR count). The highest BCUT2D eigenvalue weighted by Crippen LogP contribution is 2.31. The second kappa shape index (κ2) is 4.23. The molecular formula is C11H14F3N. The molecule has 0 aliphatic rings. The van der Waals surface area contributed by atoms with Crippen LogP contribution in [0, 0.1) is 6.92 Å². The number of nitrogens with one attached hydrogen (secondary N) is 1. The molecular weight excluding hydrogens is 203 g/mol. The fraction of sp³-hybridized carbons (Fsp3) is 0.455. The van der Waals surface area contributed by atoms with Crippen LogP contribution in [0.5, 0.6) is 0 Å². The Balaban J connectivity index is 3.17. The molecule has 0 aliphatic carbocycles. The molecule has 4 heteroatoms. The van der Waals surface area contributed by atoms with Crippen molar-refractivity contribution >= 4 is 0 Å². The molecule has 1 aromatic carbocycles. The average molecular weight is 217 g/mol. The molecule has 0 spiro atoms. The van der Waals surface area contributed by atoms with Gasteiger partial charge in [0, 0.05) is 6.04 Å². The number of rotatable bonds is 2. The molecule has 1 nitrogen and oxygen atoms in total. The number of hydrogen-bond acceptors (Lipinski definition) is 1. The molecule has 0 unspecified atom stereocenters. The van der Waals surface area contributed by atoms with Crippen LogP contribution in [0.4, 0.5) is 13.2 Å². The SMILES string of the molecule is CN[C@@H](C)c1cc(C)cc(C(F)(F)F)c1. The quantitative estimate of drug-likeness (QED) is 0.801. The van der Waals surface area contributed by atoms with E-state index in [-0.39, 0.29) is 6.04 Å². The molecule has 0 aliphatic heterocycles. The maximum Gasteiger partial charge on any atom is 0.416 e. The molecule has 15 heavy (non-hydrogen) atoms. The molecule has 0 fully saturated rings. The molecule has 0 bridgehead atoms. The van der Waals surface area contributed by atoms with Crippen molar-refractivity contribution < 1.29 is 13.2 Å². The molecule has 0 amide bonds. The number of benzene rings is 1. The lowest BCUT2D eigenvalue weighted by atomic mass is 10.0. The monoisotopic (exact) mass is 217 g/mol. The average Bonchev–Trinajstić information content (AvgIpc) is 2.14. The third kappa shape index (κ3) is 2.96. The summed E-state index contributed by atoms with van der Waals surface area (Å²) < 4.78 is 37.5. The summed E-state index contributed by atoms with van der Waals surface area (Å²) in [7, 11) is 1.72. The Kier molecular flexibility index (Phi) is 3.39. The fourth-order valence-electron chi connectivity index (χ4n) is 1.39. The van der Waals surface area contributed by atoms with Crippen LogP contribution in [0.15, 0.2) is 18.2 Å². The Morgan fingerprint density at radius 1 is 1.20 bits per heavy atom. The zero-order valence-electron chi connectivity index (χ0n) is 8.94. The number of hydrogen-bond donors (Lipinski definition) is 1. The second-order valence-electron chi connectivity index (χ2n) is 3.64. The highest BCUT2D eigenvalue weighted by atomic mass is 19.4. The highest BCUT2D eigenvalue weighted by molar-refractivity contribution is 5.32. The lowest BCUT2D eigenvalue weighted by Crippen LogP contribution is -2.14. The normalized spacial score (nSPS) is 14.0. The summed E-state index contributed by atoms with van der Waals surface area (Å²) in [4.78, 5) is 0. The zero-order chi connectivity index (χ0) is 11.6. The van der Waals surface area contributed by atoms with E-state index in [0.717, 1.165) is 6.07 Å². The summed E-state index contributed by atoms with van der Waals surface area (Å²) in [5.74, 6) is 0. The van der Waals surface area contributed by atoms with E-state index in [0.29, 0.717) is 11.1 Å². The van der Waals surface area contributed by atoms with Crippen LogP contribution in [0.1, 0.15) is 29.7 Å². The Bertz CT molecular complexity index is 344. The first kappa shape index (κ1) is 12.0. The first-order valence-corrected chi connectivity index (χ1v) is 4.70. The Morgan fingerprint density at radius 3 is 2.27 bits per heavy atom. The smallest absolute Gasteiger partial charge is 0.313 e. The van der Waals surface area contributed by atoms with Crippen LogP contribution in [0.3, 0.4) is 0 Å².